The number of carbonyl (C=O) groups is 6. The average molecular weight is 1470 g/mol. The lowest BCUT2D eigenvalue weighted by atomic mass is 9.83. The van der Waals surface area contributed by atoms with Gasteiger partial charge in [0.2, 0.25) is 0 Å². The summed E-state index contributed by atoms with van der Waals surface area (Å²) in [5, 5.41) is 9.39. The first-order valence-corrected chi connectivity index (χ1v) is 39.9. The van der Waals surface area contributed by atoms with Gasteiger partial charge in [-0.25, -0.2) is 0 Å². The van der Waals surface area contributed by atoms with Gasteiger partial charge in [-0.1, -0.05) is 263 Å². The van der Waals surface area contributed by atoms with Gasteiger partial charge in [-0.3, -0.25) is 48.5 Å². The normalized spacial score (nSPS) is 13.9. The molecule has 3 unspecified atom stereocenters. The maximum absolute atomic E-state index is 14.0. The van der Waals surface area contributed by atoms with Crippen LogP contribution in [0.1, 0.15) is 200 Å². The molecule has 0 saturated carbocycles. The van der Waals surface area contributed by atoms with Gasteiger partial charge in [-0.05, 0) is 182 Å². The van der Waals surface area contributed by atoms with E-state index in [-0.39, 0.29) is 53.6 Å². The minimum absolute atomic E-state index is 0.0781. The Hall–Kier alpha value is -11.9. The van der Waals surface area contributed by atoms with E-state index in [4.69, 9.17) is 9.47 Å². The molecule has 1 aromatic heterocycles. The molecular weight excluding hydrogens is 1370 g/mol. The average Bonchev–Trinajstić information content (AvgIpc) is 0.728. The zero-order chi connectivity index (χ0) is 77.4. The highest BCUT2D eigenvalue weighted by Gasteiger charge is 2.41. The second-order valence-electron chi connectivity index (χ2n) is 29.3. The summed E-state index contributed by atoms with van der Waals surface area (Å²) in [6, 6.07) is 74.7. The molecule has 560 valence electrons. The van der Waals surface area contributed by atoms with E-state index in [0.29, 0.717) is 55.7 Å². The Morgan fingerprint density at radius 3 is 0.982 bits per heavy atom. The molecule has 3 aliphatic rings. The van der Waals surface area contributed by atoms with Crippen molar-refractivity contribution in [2.75, 3.05) is 14.2 Å². The molecule has 0 N–H and O–H groups in total. The molecule has 13 aromatic rings. The maximum atomic E-state index is 14.0. The van der Waals surface area contributed by atoms with Gasteiger partial charge in [0.05, 0.1) is 14.2 Å². The molecule has 6 amide bonds. The minimum Gasteiger partial charge on any atom is -0.496 e. The first-order chi connectivity index (χ1) is 54.3. The fraction of sp³-hybridized carbons (Fsp3) is 0.263. The standard InChI is InChI=1S/C40H35NO2.C32H32N2O3.C27H29NO3/c1-3-5-7-17-27(4-2)41-39(42)34-23-14-22-32-33(24-25-35(38(32)34)40(41)43)37-30-20-12-10-18-28(30)36(26-15-8-6-9-16-26)29-19-11-13-21-31(29)37;1-4-6-7-8-24(5-2)34-31(35)26-14-13-25(30-28(37-3)16-15-27(29(26)30)32(34)36)23-11-9-21(10-12-23)22-17-19-33-20-18-22;1-4-6-8-13-19(5-2)28-26(29)21-15-14-20(18-11-9-7-10-12-18)25-23(31-3)17-16-22(24(21)25)27(28)30/h6,8-16,18-25,27H,3-5,7,17H2,1-2H3;9-20,24H,4-8H2,1-3H3;7,9-12,14-17,19H,4-6,8,13H2,1-3H3. The number of aromatic nitrogens is 1. The minimum atomic E-state index is -0.210. The smallest absolute Gasteiger partial charge is 0.261 e. The predicted molar refractivity (Wildman–Crippen MR) is 451 cm³/mol. The van der Waals surface area contributed by atoms with Crippen molar-refractivity contribution in [1.82, 2.24) is 19.7 Å². The van der Waals surface area contributed by atoms with E-state index in [1.807, 2.05) is 103 Å². The first-order valence-electron chi connectivity index (χ1n) is 39.9. The lowest BCUT2D eigenvalue weighted by Crippen LogP contribution is -2.46. The summed E-state index contributed by atoms with van der Waals surface area (Å²) in [6.07, 6.45) is 18.0. The number of benzene rings is 12. The van der Waals surface area contributed by atoms with Crippen molar-refractivity contribution < 1.29 is 38.2 Å². The molecule has 12 aromatic carbocycles. The second-order valence-corrected chi connectivity index (χ2v) is 29.3. The number of fused-ring (bicyclic) bond motifs is 2. The van der Waals surface area contributed by atoms with Crippen LogP contribution in [0, 0.1) is 0 Å². The van der Waals surface area contributed by atoms with Crippen molar-refractivity contribution in [1.29, 1.82) is 0 Å². The van der Waals surface area contributed by atoms with Gasteiger partial charge < -0.3 is 9.47 Å². The molecule has 0 bridgehead atoms. The van der Waals surface area contributed by atoms with Gasteiger partial charge >= 0.3 is 0 Å². The van der Waals surface area contributed by atoms with Crippen molar-refractivity contribution >= 4 is 89.3 Å². The monoisotopic (exact) mass is 1470 g/mol. The van der Waals surface area contributed by atoms with Crippen molar-refractivity contribution in [2.45, 2.75) is 156 Å². The van der Waals surface area contributed by atoms with Crippen LogP contribution in [0.2, 0.25) is 0 Å². The summed E-state index contributed by atoms with van der Waals surface area (Å²) in [4.78, 5) is 91.3. The van der Waals surface area contributed by atoms with Crippen molar-refractivity contribution in [3.05, 3.63) is 270 Å². The summed E-state index contributed by atoms with van der Waals surface area (Å²) >= 11 is 0. The fourth-order valence-corrected chi connectivity index (χ4v) is 17.3. The van der Waals surface area contributed by atoms with E-state index in [0.717, 1.165) is 173 Å². The Labute approximate surface area is 651 Å². The molecule has 16 rings (SSSR count). The summed E-state index contributed by atoms with van der Waals surface area (Å²) in [5.74, 6) is 0.173. The maximum Gasteiger partial charge on any atom is 0.261 e. The Morgan fingerprint density at radius 2 is 0.586 bits per heavy atom. The van der Waals surface area contributed by atoms with Crippen LogP contribution in [0.25, 0.3) is 109 Å². The molecule has 0 radical (unpaired) electrons. The molecule has 0 aliphatic carbocycles. The Morgan fingerprint density at radius 1 is 0.270 bits per heavy atom. The van der Waals surface area contributed by atoms with E-state index in [1.165, 1.54) is 31.7 Å². The number of unbranched alkanes of at least 4 members (excludes halogenated alkanes) is 6. The van der Waals surface area contributed by atoms with Crippen LogP contribution in [0.5, 0.6) is 11.5 Å². The van der Waals surface area contributed by atoms with Crippen LogP contribution < -0.4 is 9.47 Å². The van der Waals surface area contributed by atoms with E-state index >= 15 is 0 Å². The van der Waals surface area contributed by atoms with Gasteiger partial charge in [-0.2, -0.15) is 0 Å². The molecule has 0 spiro atoms. The van der Waals surface area contributed by atoms with Crippen molar-refractivity contribution in [3.63, 3.8) is 0 Å². The third kappa shape index (κ3) is 14.3. The number of carbonyl (C=O) groups excluding carboxylic acids is 6. The highest BCUT2D eigenvalue weighted by Crippen LogP contribution is 2.49. The highest BCUT2D eigenvalue weighted by atomic mass is 16.5. The molecule has 12 nitrogen and oxygen atoms in total. The SMILES string of the molecule is CCCCCC(CC)N1C(=O)c2ccc(OC)c3c(-c4ccc(-c5ccncc5)cc4)ccc(c23)C1=O.CCCCCC(CC)N1C(=O)c2ccc(OC)c3c(-c4ccccc4)ccc(c23)C1=O.CCCCCC(CC)N1C(=O)c2cccc3c(-c4c5ccccc5c(-c5ccccc5)c5ccccc45)ccc(c23)C1=O. The molecule has 12 heteroatoms. The van der Waals surface area contributed by atoms with Crippen LogP contribution in [-0.2, 0) is 0 Å². The third-order valence-electron chi connectivity index (χ3n) is 22.9. The molecule has 111 heavy (non-hydrogen) atoms. The molecule has 0 saturated heterocycles. The Balaban J connectivity index is 0.000000141. The van der Waals surface area contributed by atoms with Gasteiger partial charge in [0.25, 0.3) is 35.4 Å². The van der Waals surface area contributed by atoms with Crippen LogP contribution in [0.3, 0.4) is 0 Å². The zero-order valence-corrected chi connectivity index (χ0v) is 64.9. The number of hydrogen-bond acceptors (Lipinski definition) is 9. The van der Waals surface area contributed by atoms with Crippen molar-refractivity contribution in [2.24, 2.45) is 0 Å². The zero-order valence-electron chi connectivity index (χ0n) is 64.9. The Bertz CT molecular complexity index is 5560. The molecule has 4 heterocycles. The number of rotatable bonds is 25. The summed E-state index contributed by atoms with van der Waals surface area (Å²) < 4.78 is 11.4. The largest absolute Gasteiger partial charge is 0.496 e. The number of ether oxygens (including phenoxy) is 2. The van der Waals surface area contributed by atoms with Gasteiger partial charge in [-0.15, -0.1) is 0 Å². The number of imide groups is 3. The van der Waals surface area contributed by atoms with E-state index < -0.39 is 0 Å². The van der Waals surface area contributed by atoms with E-state index in [1.54, 1.807) is 37.6 Å². The van der Waals surface area contributed by atoms with Crippen LogP contribution in [0.15, 0.2) is 237 Å². The Kier molecular flexibility index (Phi) is 23.2. The van der Waals surface area contributed by atoms with Crippen LogP contribution in [-0.4, -0.2) is 87.5 Å². The second kappa shape index (κ2) is 33.9. The molecule has 3 aliphatic heterocycles. The summed E-state index contributed by atoms with van der Waals surface area (Å²) in [5.41, 5.74) is 14.2. The number of pyridine rings is 1. The fourth-order valence-electron chi connectivity index (χ4n) is 17.3. The van der Waals surface area contributed by atoms with E-state index in [9.17, 15) is 28.8 Å². The topological polar surface area (TPSA) is 143 Å². The van der Waals surface area contributed by atoms with Crippen molar-refractivity contribution in [3.8, 4) is 67.1 Å². The van der Waals surface area contributed by atoms with E-state index in [2.05, 4.69) is 162 Å². The molecular formula is C99H96N4O8. The highest BCUT2D eigenvalue weighted by molar-refractivity contribution is 6.32. The summed E-state index contributed by atoms with van der Waals surface area (Å²) in [6.45, 7) is 12.7. The quantitative estimate of drug-likeness (QED) is 0.0310. The lowest BCUT2D eigenvalue weighted by molar-refractivity contribution is 0.0508. The number of methoxy groups -OCH3 is 2. The lowest BCUT2D eigenvalue weighted by Gasteiger charge is -2.34. The number of nitrogens with zero attached hydrogens (tertiary/aromatic N) is 4. The van der Waals surface area contributed by atoms with Crippen LogP contribution >= 0.6 is 0 Å². The number of amides is 6. The predicted octanol–water partition coefficient (Wildman–Crippen LogP) is 24.4. The first kappa shape index (κ1) is 75.9. The van der Waals surface area contributed by atoms with Gasteiger partial charge in [0.1, 0.15) is 11.5 Å². The number of hydrogen-bond donors (Lipinski definition) is 0. The van der Waals surface area contributed by atoms with Gasteiger partial charge in [0.15, 0.2) is 0 Å². The third-order valence-corrected chi connectivity index (χ3v) is 22.9. The summed E-state index contributed by atoms with van der Waals surface area (Å²) in [7, 11) is 3.25. The molecule has 0 fully saturated rings. The van der Waals surface area contributed by atoms with Crippen LogP contribution in [0.4, 0.5) is 0 Å². The van der Waals surface area contributed by atoms with Gasteiger partial charge in [0, 0.05) is 90.8 Å². The molecule has 3 atom stereocenters.